The molecule has 0 saturated heterocycles. The lowest BCUT2D eigenvalue weighted by molar-refractivity contribution is 0.516. The third kappa shape index (κ3) is 2.52. The van der Waals surface area contributed by atoms with Crippen LogP contribution in [-0.4, -0.2) is 21.9 Å². The molecule has 0 spiro atoms. The van der Waals surface area contributed by atoms with Gasteiger partial charge in [0.25, 0.3) is 0 Å². The van der Waals surface area contributed by atoms with E-state index in [1.807, 2.05) is 0 Å². The average Bonchev–Trinajstić information content (AvgIpc) is 2.87. The number of hydrogen-bond acceptors (Lipinski definition) is 5. The third-order valence-electron chi connectivity index (χ3n) is 3.23. The molecule has 16 heavy (non-hydrogen) atoms. The molecule has 1 aliphatic carbocycles. The van der Waals surface area contributed by atoms with Crippen molar-refractivity contribution in [3.63, 3.8) is 0 Å². The van der Waals surface area contributed by atoms with Crippen LogP contribution in [0.1, 0.15) is 44.9 Å². The van der Waals surface area contributed by atoms with Crippen LogP contribution < -0.4 is 11.1 Å². The van der Waals surface area contributed by atoms with Crippen LogP contribution in [-0.2, 0) is 0 Å². The molecule has 1 saturated carbocycles. The summed E-state index contributed by atoms with van der Waals surface area (Å²) in [6, 6.07) is 0.498. The summed E-state index contributed by atoms with van der Waals surface area (Å²) in [4.78, 5) is 4.50. The Morgan fingerprint density at radius 2 is 2.31 bits per heavy atom. The fraction of sp³-hybridized carbons (Fsp3) is 0.818. The molecule has 1 heterocycles. The lowest BCUT2D eigenvalue weighted by Crippen LogP contribution is -2.29. The van der Waals surface area contributed by atoms with Crippen molar-refractivity contribution in [1.29, 1.82) is 0 Å². The molecule has 1 aliphatic rings. The molecule has 2 rings (SSSR count). The number of anilines is 1. The zero-order valence-electron chi connectivity index (χ0n) is 9.94. The van der Waals surface area contributed by atoms with E-state index in [9.17, 15) is 0 Å². The normalized spacial score (nSPS) is 25.2. The number of aromatic nitrogens is 2. The van der Waals surface area contributed by atoms with Crippen molar-refractivity contribution in [2.45, 2.75) is 45.1 Å². The maximum absolute atomic E-state index is 5.76. The van der Waals surface area contributed by atoms with Gasteiger partial charge in [0.15, 0.2) is 0 Å². The Labute approximate surface area is 101 Å². The van der Waals surface area contributed by atoms with E-state index >= 15 is 0 Å². The van der Waals surface area contributed by atoms with Crippen molar-refractivity contribution < 1.29 is 0 Å². The van der Waals surface area contributed by atoms with E-state index in [1.165, 1.54) is 30.8 Å². The van der Waals surface area contributed by atoms with Crippen molar-refractivity contribution in [2.75, 3.05) is 11.9 Å². The van der Waals surface area contributed by atoms with Gasteiger partial charge in [0.2, 0.25) is 5.13 Å². The molecule has 0 aliphatic heterocycles. The SMILES string of the molecule is CC(C)c1nsc(NC2CCCC2CN)n1. The van der Waals surface area contributed by atoms with Crippen LogP contribution in [0.25, 0.3) is 0 Å². The predicted molar refractivity (Wildman–Crippen MR) is 67.8 cm³/mol. The zero-order valence-corrected chi connectivity index (χ0v) is 10.8. The van der Waals surface area contributed by atoms with E-state index < -0.39 is 0 Å². The molecule has 0 radical (unpaired) electrons. The summed E-state index contributed by atoms with van der Waals surface area (Å²) in [5, 5.41) is 4.43. The van der Waals surface area contributed by atoms with Crippen molar-refractivity contribution in [3.8, 4) is 0 Å². The first-order chi connectivity index (χ1) is 7.70. The van der Waals surface area contributed by atoms with Crippen molar-refractivity contribution in [1.82, 2.24) is 9.36 Å². The molecule has 3 N–H and O–H groups in total. The molecule has 1 aromatic heterocycles. The molecular formula is C11H20N4S. The fourth-order valence-electron chi connectivity index (χ4n) is 2.20. The highest BCUT2D eigenvalue weighted by molar-refractivity contribution is 7.09. The monoisotopic (exact) mass is 240 g/mol. The molecule has 0 bridgehead atoms. The number of nitrogens with two attached hydrogens (primary N) is 1. The van der Waals surface area contributed by atoms with Gasteiger partial charge < -0.3 is 11.1 Å². The fourth-order valence-corrected chi connectivity index (χ4v) is 2.97. The minimum Gasteiger partial charge on any atom is -0.357 e. The van der Waals surface area contributed by atoms with Crippen LogP contribution in [0.2, 0.25) is 0 Å². The van der Waals surface area contributed by atoms with Gasteiger partial charge in [0.05, 0.1) is 0 Å². The highest BCUT2D eigenvalue weighted by Crippen LogP contribution is 2.28. The largest absolute Gasteiger partial charge is 0.357 e. The maximum Gasteiger partial charge on any atom is 0.202 e. The molecule has 5 heteroatoms. The van der Waals surface area contributed by atoms with Gasteiger partial charge in [-0.25, -0.2) is 4.98 Å². The quantitative estimate of drug-likeness (QED) is 0.847. The molecular weight excluding hydrogens is 220 g/mol. The van der Waals surface area contributed by atoms with Gasteiger partial charge in [0, 0.05) is 23.5 Å². The van der Waals surface area contributed by atoms with E-state index in [0.717, 1.165) is 17.5 Å². The zero-order chi connectivity index (χ0) is 11.5. The van der Waals surface area contributed by atoms with Gasteiger partial charge in [0.1, 0.15) is 5.82 Å². The number of nitrogens with zero attached hydrogens (tertiary/aromatic N) is 2. The Balaban J connectivity index is 1.97. The number of rotatable bonds is 4. The van der Waals surface area contributed by atoms with Crippen LogP contribution >= 0.6 is 11.5 Å². The van der Waals surface area contributed by atoms with E-state index in [0.29, 0.717) is 17.9 Å². The summed E-state index contributed by atoms with van der Waals surface area (Å²) in [6.45, 7) is 5.00. The van der Waals surface area contributed by atoms with Gasteiger partial charge >= 0.3 is 0 Å². The van der Waals surface area contributed by atoms with Crippen LogP contribution in [0.5, 0.6) is 0 Å². The summed E-state index contributed by atoms with van der Waals surface area (Å²) in [7, 11) is 0. The topological polar surface area (TPSA) is 63.8 Å². The highest BCUT2D eigenvalue weighted by Gasteiger charge is 2.26. The summed E-state index contributed by atoms with van der Waals surface area (Å²) < 4.78 is 4.35. The molecule has 0 aromatic carbocycles. The average molecular weight is 240 g/mol. The van der Waals surface area contributed by atoms with Crippen LogP contribution in [0.15, 0.2) is 0 Å². The maximum atomic E-state index is 5.76. The Hall–Kier alpha value is -0.680. The summed E-state index contributed by atoms with van der Waals surface area (Å²) in [5.41, 5.74) is 5.76. The molecule has 4 nitrogen and oxygen atoms in total. The Morgan fingerprint density at radius 3 is 2.94 bits per heavy atom. The second-order valence-electron chi connectivity index (χ2n) is 4.79. The van der Waals surface area contributed by atoms with E-state index in [-0.39, 0.29) is 0 Å². The lowest BCUT2D eigenvalue weighted by Gasteiger charge is -2.18. The first-order valence-electron chi connectivity index (χ1n) is 6.01. The van der Waals surface area contributed by atoms with Crippen LogP contribution in [0.4, 0.5) is 5.13 Å². The third-order valence-corrected chi connectivity index (χ3v) is 3.89. The minimum atomic E-state index is 0.403. The first kappa shape index (κ1) is 11.8. The number of nitrogens with one attached hydrogen (secondary N) is 1. The molecule has 1 fully saturated rings. The van der Waals surface area contributed by atoms with Crippen molar-refractivity contribution in [2.24, 2.45) is 11.7 Å². The molecule has 2 unspecified atom stereocenters. The van der Waals surface area contributed by atoms with Crippen molar-refractivity contribution >= 4 is 16.7 Å². The lowest BCUT2D eigenvalue weighted by atomic mass is 10.0. The smallest absolute Gasteiger partial charge is 0.202 e. The Kier molecular flexibility index (Phi) is 3.76. The van der Waals surface area contributed by atoms with Gasteiger partial charge in [-0.3, -0.25) is 0 Å². The van der Waals surface area contributed by atoms with Gasteiger partial charge in [-0.05, 0) is 25.3 Å². The summed E-state index contributed by atoms with van der Waals surface area (Å²) >= 11 is 1.46. The van der Waals surface area contributed by atoms with Gasteiger partial charge in [-0.15, -0.1) is 0 Å². The molecule has 2 atom stereocenters. The second kappa shape index (κ2) is 5.10. The summed E-state index contributed by atoms with van der Waals surface area (Å²) in [5.74, 6) is 1.95. The summed E-state index contributed by atoms with van der Waals surface area (Å²) in [6.07, 6.45) is 3.72. The molecule has 0 amide bonds. The predicted octanol–water partition coefficient (Wildman–Crippen LogP) is 2.20. The van der Waals surface area contributed by atoms with E-state index in [2.05, 4.69) is 28.5 Å². The van der Waals surface area contributed by atoms with Gasteiger partial charge in [-0.1, -0.05) is 20.3 Å². The highest BCUT2D eigenvalue weighted by atomic mass is 32.1. The van der Waals surface area contributed by atoms with Crippen LogP contribution in [0, 0.1) is 5.92 Å². The van der Waals surface area contributed by atoms with E-state index in [4.69, 9.17) is 5.73 Å². The standard InChI is InChI=1S/C11H20N4S/c1-7(2)10-14-11(16-15-10)13-9-5-3-4-8(9)6-12/h7-9H,3-6,12H2,1-2H3,(H,13,14,15). The van der Waals surface area contributed by atoms with Crippen LogP contribution in [0.3, 0.4) is 0 Å². The Bertz CT molecular complexity index is 336. The minimum absolute atomic E-state index is 0.403. The first-order valence-corrected chi connectivity index (χ1v) is 6.78. The second-order valence-corrected chi connectivity index (χ2v) is 5.54. The Morgan fingerprint density at radius 1 is 1.50 bits per heavy atom. The number of hydrogen-bond donors (Lipinski definition) is 2. The molecule has 90 valence electrons. The van der Waals surface area contributed by atoms with Crippen molar-refractivity contribution in [3.05, 3.63) is 5.82 Å². The molecule has 1 aromatic rings. The van der Waals surface area contributed by atoms with Gasteiger partial charge in [-0.2, -0.15) is 4.37 Å². The van der Waals surface area contributed by atoms with E-state index in [1.54, 1.807) is 0 Å².